The highest BCUT2D eigenvalue weighted by Crippen LogP contribution is 2.36. The van der Waals surface area contributed by atoms with Crippen LogP contribution in [0.5, 0.6) is 0 Å². The van der Waals surface area contributed by atoms with Gasteiger partial charge in [0, 0.05) is 9.75 Å². The number of hydrogen-bond donors (Lipinski definition) is 0. The molecule has 0 amide bonds. The molecule has 0 radical (unpaired) electrons. The van der Waals surface area contributed by atoms with Gasteiger partial charge in [0.15, 0.2) is 0 Å². The van der Waals surface area contributed by atoms with E-state index in [1.54, 1.807) is 0 Å². The van der Waals surface area contributed by atoms with E-state index in [9.17, 15) is 4.79 Å². The van der Waals surface area contributed by atoms with E-state index >= 15 is 0 Å². The summed E-state index contributed by atoms with van der Waals surface area (Å²) in [4.78, 5) is 15.1. The second kappa shape index (κ2) is 5.66. The molecule has 0 saturated carbocycles. The molecule has 0 aliphatic heterocycles. The standard InChI is InChI=1S/C16H24O2S/c1-5-8-13-14(15(17)18-16(2,3)4)11-9-6-7-10-12(11)19-13/h5-10H2,1-4H3. The van der Waals surface area contributed by atoms with Crippen LogP contribution >= 0.6 is 11.3 Å². The van der Waals surface area contributed by atoms with E-state index in [0.717, 1.165) is 31.2 Å². The van der Waals surface area contributed by atoms with E-state index in [1.807, 2.05) is 32.1 Å². The molecule has 0 atom stereocenters. The van der Waals surface area contributed by atoms with Crippen LogP contribution in [0, 0.1) is 0 Å². The highest BCUT2D eigenvalue weighted by Gasteiger charge is 2.28. The number of hydrogen-bond acceptors (Lipinski definition) is 3. The third-order valence-electron chi connectivity index (χ3n) is 3.32. The molecule has 0 N–H and O–H groups in total. The highest BCUT2D eigenvalue weighted by molar-refractivity contribution is 7.12. The summed E-state index contributed by atoms with van der Waals surface area (Å²) in [6.07, 6.45) is 6.71. The van der Waals surface area contributed by atoms with Gasteiger partial charge in [-0.05, 0) is 58.4 Å². The highest BCUT2D eigenvalue weighted by atomic mass is 32.1. The number of rotatable bonds is 3. The Morgan fingerprint density at radius 2 is 1.95 bits per heavy atom. The Hall–Kier alpha value is -0.830. The van der Waals surface area contributed by atoms with Crippen molar-refractivity contribution in [3.8, 4) is 0 Å². The smallest absolute Gasteiger partial charge is 0.340 e. The summed E-state index contributed by atoms with van der Waals surface area (Å²) < 4.78 is 5.60. The molecule has 1 aromatic heterocycles. The lowest BCUT2D eigenvalue weighted by atomic mass is 9.94. The number of carbonyl (C=O) groups excluding carboxylic acids is 1. The zero-order valence-corrected chi connectivity index (χ0v) is 13.3. The molecule has 2 nitrogen and oxygen atoms in total. The molecule has 0 spiro atoms. The van der Waals surface area contributed by atoms with Gasteiger partial charge in [-0.25, -0.2) is 4.79 Å². The number of aryl methyl sites for hydroxylation is 2. The van der Waals surface area contributed by atoms with Crippen molar-refractivity contribution >= 4 is 17.3 Å². The zero-order chi connectivity index (χ0) is 14.0. The van der Waals surface area contributed by atoms with Gasteiger partial charge < -0.3 is 4.74 Å². The largest absolute Gasteiger partial charge is 0.456 e. The summed E-state index contributed by atoms with van der Waals surface area (Å²) in [5, 5.41) is 0. The maximum Gasteiger partial charge on any atom is 0.340 e. The number of esters is 1. The lowest BCUT2D eigenvalue weighted by molar-refractivity contribution is 0.00677. The molecule has 19 heavy (non-hydrogen) atoms. The molecule has 0 unspecified atom stereocenters. The summed E-state index contributed by atoms with van der Waals surface area (Å²) in [7, 11) is 0. The monoisotopic (exact) mass is 280 g/mol. The Labute approximate surface area is 120 Å². The van der Waals surface area contributed by atoms with Gasteiger partial charge in [0.2, 0.25) is 0 Å². The minimum absolute atomic E-state index is 0.115. The van der Waals surface area contributed by atoms with Gasteiger partial charge >= 0.3 is 5.97 Å². The van der Waals surface area contributed by atoms with Crippen LogP contribution < -0.4 is 0 Å². The minimum atomic E-state index is -0.413. The van der Waals surface area contributed by atoms with Crippen LogP contribution in [0.2, 0.25) is 0 Å². The van der Waals surface area contributed by atoms with Crippen molar-refractivity contribution in [2.75, 3.05) is 0 Å². The molecule has 0 bridgehead atoms. The second-order valence-electron chi connectivity index (χ2n) is 6.26. The van der Waals surface area contributed by atoms with Crippen LogP contribution in [0.25, 0.3) is 0 Å². The van der Waals surface area contributed by atoms with E-state index in [4.69, 9.17) is 4.74 Å². The molecule has 106 valence electrons. The normalized spacial score (nSPS) is 15.2. The van der Waals surface area contributed by atoms with Crippen molar-refractivity contribution in [3.05, 3.63) is 20.9 Å². The molecule has 0 aromatic carbocycles. The minimum Gasteiger partial charge on any atom is -0.456 e. The van der Waals surface area contributed by atoms with Crippen LogP contribution in [0.4, 0.5) is 0 Å². The van der Waals surface area contributed by atoms with Crippen LogP contribution in [0.15, 0.2) is 0 Å². The Bertz CT molecular complexity index is 466. The topological polar surface area (TPSA) is 26.3 Å². The van der Waals surface area contributed by atoms with E-state index in [2.05, 4.69) is 6.92 Å². The predicted octanol–water partition coefficient (Wildman–Crippen LogP) is 4.53. The van der Waals surface area contributed by atoms with Crippen LogP contribution in [0.1, 0.15) is 72.6 Å². The molecule has 0 saturated heterocycles. The average Bonchev–Trinajstić information content (AvgIpc) is 2.65. The summed E-state index contributed by atoms with van der Waals surface area (Å²) in [6, 6.07) is 0. The molecule has 2 rings (SSSR count). The van der Waals surface area contributed by atoms with Crippen molar-refractivity contribution in [1.82, 2.24) is 0 Å². The molecule has 3 heteroatoms. The molecule has 1 heterocycles. The number of carbonyl (C=O) groups is 1. The van der Waals surface area contributed by atoms with Crippen molar-refractivity contribution in [2.24, 2.45) is 0 Å². The zero-order valence-electron chi connectivity index (χ0n) is 12.5. The van der Waals surface area contributed by atoms with E-state index < -0.39 is 5.60 Å². The van der Waals surface area contributed by atoms with Crippen LogP contribution in [-0.4, -0.2) is 11.6 Å². The lowest BCUT2D eigenvalue weighted by Crippen LogP contribution is -2.25. The van der Waals surface area contributed by atoms with Gasteiger partial charge in [-0.1, -0.05) is 13.3 Å². The van der Waals surface area contributed by atoms with Gasteiger partial charge in [-0.3, -0.25) is 0 Å². The first-order valence-electron chi connectivity index (χ1n) is 7.29. The average molecular weight is 280 g/mol. The number of thiophene rings is 1. The Morgan fingerprint density at radius 3 is 2.58 bits per heavy atom. The van der Waals surface area contributed by atoms with Gasteiger partial charge in [-0.2, -0.15) is 0 Å². The fourth-order valence-corrected chi connectivity index (χ4v) is 4.08. The summed E-state index contributed by atoms with van der Waals surface area (Å²) in [5.41, 5.74) is 1.77. The number of ether oxygens (including phenoxy) is 1. The van der Waals surface area contributed by atoms with Gasteiger partial charge in [-0.15, -0.1) is 11.3 Å². The molecule has 1 aromatic rings. The summed E-state index contributed by atoms with van der Waals surface area (Å²) in [6.45, 7) is 7.97. The van der Waals surface area contributed by atoms with Crippen molar-refractivity contribution in [3.63, 3.8) is 0 Å². The van der Waals surface area contributed by atoms with Gasteiger partial charge in [0.25, 0.3) is 0 Å². The second-order valence-corrected chi connectivity index (χ2v) is 7.45. The quantitative estimate of drug-likeness (QED) is 0.760. The van der Waals surface area contributed by atoms with Crippen molar-refractivity contribution in [2.45, 2.75) is 71.8 Å². The van der Waals surface area contributed by atoms with Gasteiger partial charge in [0.1, 0.15) is 5.60 Å². The fraction of sp³-hybridized carbons (Fsp3) is 0.688. The maximum absolute atomic E-state index is 12.5. The first kappa shape index (κ1) is 14.6. The predicted molar refractivity (Wildman–Crippen MR) is 80.1 cm³/mol. The Morgan fingerprint density at radius 1 is 1.26 bits per heavy atom. The third-order valence-corrected chi connectivity index (χ3v) is 4.68. The molecular formula is C16H24O2S. The SMILES string of the molecule is CCCc1sc2c(c1C(=O)OC(C)(C)C)CCCC2. The van der Waals surface area contributed by atoms with E-state index in [0.29, 0.717) is 0 Å². The van der Waals surface area contributed by atoms with Crippen molar-refractivity contribution in [1.29, 1.82) is 0 Å². The lowest BCUT2D eigenvalue weighted by Gasteiger charge is -2.21. The molecule has 1 aliphatic carbocycles. The number of fused-ring (bicyclic) bond motifs is 1. The third kappa shape index (κ3) is 3.38. The molecule has 0 fully saturated rings. The van der Waals surface area contributed by atoms with Gasteiger partial charge in [0.05, 0.1) is 5.56 Å². The summed E-state index contributed by atoms with van der Waals surface area (Å²) >= 11 is 1.84. The van der Waals surface area contributed by atoms with E-state index in [-0.39, 0.29) is 5.97 Å². The van der Waals surface area contributed by atoms with Crippen molar-refractivity contribution < 1.29 is 9.53 Å². The summed E-state index contributed by atoms with van der Waals surface area (Å²) in [5.74, 6) is -0.115. The van der Waals surface area contributed by atoms with E-state index in [1.165, 1.54) is 28.2 Å². The molecular weight excluding hydrogens is 256 g/mol. The Kier molecular flexibility index (Phi) is 4.34. The molecule has 1 aliphatic rings. The maximum atomic E-state index is 12.5. The first-order valence-corrected chi connectivity index (χ1v) is 8.10. The van der Waals surface area contributed by atoms with Crippen LogP contribution in [-0.2, 0) is 24.0 Å². The Balaban J connectivity index is 2.36. The fourth-order valence-electron chi connectivity index (χ4n) is 2.59. The van der Waals surface area contributed by atoms with Crippen LogP contribution in [0.3, 0.4) is 0 Å². The first-order chi connectivity index (χ1) is 8.92.